The Kier molecular flexibility index (Phi) is 5.46. The molecule has 6 nitrogen and oxygen atoms in total. The van der Waals surface area contributed by atoms with Gasteiger partial charge in [-0.05, 0) is 37.7 Å². The highest BCUT2D eigenvalue weighted by atomic mass is 32.1. The van der Waals surface area contributed by atoms with E-state index in [2.05, 4.69) is 15.6 Å². The van der Waals surface area contributed by atoms with Crippen LogP contribution in [-0.4, -0.2) is 56.1 Å². The number of ether oxygens (including phenoxy) is 3. The number of thiazole rings is 1. The van der Waals surface area contributed by atoms with Crippen molar-refractivity contribution in [2.75, 3.05) is 46.2 Å². The molecule has 25 heavy (non-hydrogen) atoms. The smallest absolute Gasteiger partial charge is 0.231 e. The maximum absolute atomic E-state index is 5.44. The van der Waals surface area contributed by atoms with Crippen molar-refractivity contribution in [2.45, 2.75) is 13.0 Å². The lowest BCUT2D eigenvalue weighted by atomic mass is 10.2. The predicted molar refractivity (Wildman–Crippen MR) is 97.3 cm³/mol. The van der Waals surface area contributed by atoms with E-state index in [0.717, 1.165) is 80.1 Å². The van der Waals surface area contributed by atoms with Gasteiger partial charge in [-0.15, -0.1) is 11.3 Å². The number of hydrogen-bond acceptors (Lipinski definition) is 7. The van der Waals surface area contributed by atoms with Crippen LogP contribution in [0.3, 0.4) is 0 Å². The molecule has 0 saturated carbocycles. The zero-order valence-corrected chi connectivity index (χ0v) is 15.0. The molecule has 1 aromatic carbocycles. The monoisotopic (exact) mass is 361 g/mol. The Bertz CT molecular complexity index is 701. The van der Waals surface area contributed by atoms with Gasteiger partial charge < -0.3 is 19.5 Å². The molecule has 2 aromatic rings. The molecule has 134 valence electrons. The van der Waals surface area contributed by atoms with E-state index < -0.39 is 0 Å². The fraction of sp³-hybridized carbons (Fsp3) is 0.500. The highest BCUT2D eigenvalue weighted by Gasteiger charge is 2.15. The summed E-state index contributed by atoms with van der Waals surface area (Å²) in [6.07, 6.45) is 1.15. The summed E-state index contributed by atoms with van der Waals surface area (Å²) < 4.78 is 16.2. The number of rotatable bonds is 7. The summed E-state index contributed by atoms with van der Waals surface area (Å²) in [6.45, 7) is 7.12. The molecule has 0 aliphatic carbocycles. The van der Waals surface area contributed by atoms with Crippen molar-refractivity contribution in [2.24, 2.45) is 0 Å². The van der Waals surface area contributed by atoms with Crippen molar-refractivity contribution in [3.63, 3.8) is 0 Å². The van der Waals surface area contributed by atoms with E-state index in [0.29, 0.717) is 6.79 Å². The molecule has 2 aliphatic rings. The van der Waals surface area contributed by atoms with Crippen molar-refractivity contribution in [1.82, 2.24) is 15.2 Å². The van der Waals surface area contributed by atoms with Crippen LogP contribution < -0.4 is 14.8 Å². The zero-order valence-electron chi connectivity index (χ0n) is 14.2. The Labute approximate surface area is 151 Å². The highest BCUT2D eigenvalue weighted by Crippen LogP contribution is 2.36. The predicted octanol–water partition coefficient (Wildman–Crippen LogP) is 2.35. The van der Waals surface area contributed by atoms with E-state index in [-0.39, 0.29) is 0 Å². The second-order valence-corrected chi connectivity index (χ2v) is 7.05. The summed E-state index contributed by atoms with van der Waals surface area (Å²) in [7, 11) is 0. The van der Waals surface area contributed by atoms with E-state index in [1.165, 1.54) is 0 Å². The summed E-state index contributed by atoms with van der Waals surface area (Å²) in [5, 5.41) is 6.63. The molecular formula is C18H23N3O3S. The van der Waals surface area contributed by atoms with Gasteiger partial charge in [-0.1, -0.05) is 0 Å². The number of morpholine rings is 1. The first-order valence-electron chi connectivity index (χ1n) is 8.74. The van der Waals surface area contributed by atoms with Gasteiger partial charge in [-0.2, -0.15) is 0 Å². The lowest BCUT2D eigenvalue weighted by Gasteiger charge is -2.26. The van der Waals surface area contributed by atoms with Gasteiger partial charge in [0.2, 0.25) is 6.79 Å². The van der Waals surface area contributed by atoms with E-state index in [1.54, 1.807) is 11.3 Å². The third-order valence-corrected chi connectivity index (χ3v) is 5.35. The van der Waals surface area contributed by atoms with Crippen LogP contribution in [0.5, 0.6) is 11.5 Å². The summed E-state index contributed by atoms with van der Waals surface area (Å²) >= 11 is 1.67. The van der Waals surface area contributed by atoms with E-state index in [4.69, 9.17) is 19.2 Å². The topological polar surface area (TPSA) is 55.9 Å². The SMILES string of the molecule is c1cc2c(cc1-c1nc(CNCCCN3CCOCC3)cs1)OCO2. The van der Waals surface area contributed by atoms with Gasteiger partial charge in [0.15, 0.2) is 11.5 Å². The van der Waals surface area contributed by atoms with Crippen LogP contribution in [0, 0.1) is 0 Å². The Balaban J connectivity index is 1.23. The molecule has 0 radical (unpaired) electrons. The second kappa shape index (κ2) is 8.14. The number of nitrogens with one attached hydrogen (secondary N) is 1. The van der Waals surface area contributed by atoms with Crippen LogP contribution in [0.15, 0.2) is 23.6 Å². The number of aromatic nitrogens is 1. The van der Waals surface area contributed by atoms with Gasteiger partial charge in [0.25, 0.3) is 0 Å². The van der Waals surface area contributed by atoms with Gasteiger partial charge in [0, 0.05) is 30.6 Å². The van der Waals surface area contributed by atoms with Crippen molar-refractivity contribution in [3.05, 3.63) is 29.3 Å². The van der Waals surface area contributed by atoms with Gasteiger partial charge in [-0.25, -0.2) is 4.98 Å². The minimum absolute atomic E-state index is 0.302. The molecule has 3 heterocycles. The number of hydrogen-bond donors (Lipinski definition) is 1. The first-order chi connectivity index (χ1) is 12.4. The third kappa shape index (κ3) is 4.30. The lowest BCUT2D eigenvalue weighted by Crippen LogP contribution is -2.37. The average molecular weight is 361 g/mol. The summed E-state index contributed by atoms with van der Waals surface area (Å²) in [5.41, 5.74) is 2.16. The molecule has 0 spiro atoms. The van der Waals surface area contributed by atoms with Crippen molar-refractivity contribution >= 4 is 11.3 Å². The maximum atomic E-state index is 5.44. The molecule has 0 atom stereocenters. The minimum atomic E-state index is 0.302. The first kappa shape index (κ1) is 16.8. The van der Waals surface area contributed by atoms with Crippen LogP contribution >= 0.6 is 11.3 Å². The van der Waals surface area contributed by atoms with Crippen LogP contribution in [0.2, 0.25) is 0 Å². The molecule has 1 aromatic heterocycles. The zero-order chi connectivity index (χ0) is 16.9. The van der Waals surface area contributed by atoms with E-state index >= 15 is 0 Å². The van der Waals surface area contributed by atoms with Crippen LogP contribution in [0.25, 0.3) is 10.6 Å². The van der Waals surface area contributed by atoms with Gasteiger partial charge in [0.05, 0.1) is 18.9 Å². The van der Waals surface area contributed by atoms with Crippen molar-refractivity contribution in [1.29, 1.82) is 0 Å². The minimum Gasteiger partial charge on any atom is -0.454 e. The van der Waals surface area contributed by atoms with Gasteiger partial charge in [-0.3, -0.25) is 4.90 Å². The molecule has 4 rings (SSSR count). The van der Waals surface area contributed by atoms with Crippen molar-refractivity contribution in [3.8, 4) is 22.1 Å². The summed E-state index contributed by atoms with van der Waals surface area (Å²) in [6, 6.07) is 5.98. The van der Waals surface area contributed by atoms with Gasteiger partial charge in [0.1, 0.15) is 5.01 Å². The molecule has 1 saturated heterocycles. The standard InChI is InChI=1S/C18H23N3O3S/c1(5-21-6-8-22-9-7-21)4-19-11-15-12-25-18(20-15)14-2-3-16-17(10-14)24-13-23-16/h2-3,10,12,19H,1,4-9,11,13H2. The summed E-state index contributed by atoms with van der Waals surface area (Å²) in [5.74, 6) is 1.61. The molecule has 0 amide bonds. The molecule has 0 unspecified atom stereocenters. The van der Waals surface area contributed by atoms with E-state index in [9.17, 15) is 0 Å². The largest absolute Gasteiger partial charge is 0.454 e. The number of nitrogens with zero attached hydrogens (tertiary/aromatic N) is 2. The fourth-order valence-corrected chi connectivity index (χ4v) is 3.84. The first-order valence-corrected chi connectivity index (χ1v) is 9.62. The molecule has 7 heteroatoms. The number of fused-ring (bicyclic) bond motifs is 1. The third-order valence-electron chi connectivity index (χ3n) is 4.41. The van der Waals surface area contributed by atoms with Crippen LogP contribution in [0.4, 0.5) is 0 Å². The molecular weight excluding hydrogens is 338 g/mol. The van der Waals surface area contributed by atoms with E-state index in [1.807, 2.05) is 18.2 Å². The Morgan fingerprint density at radius 2 is 2.04 bits per heavy atom. The van der Waals surface area contributed by atoms with Crippen molar-refractivity contribution < 1.29 is 14.2 Å². The Morgan fingerprint density at radius 1 is 1.16 bits per heavy atom. The normalized spacial score (nSPS) is 17.1. The Hall–Kier alpha value is -1.67. The highest BCUT2D eigenvalue weighted by molar-refractivity contribution is 7.13. The van der Waals surface area contributed by atoms with Gasteiger partial charge >= 0.3 is 0 Å². The molecule has 1 fully saturated rings. The number of benzene rings is 1. The van der Waals surface area contributed by atoms with Crippen LogP contribution in [0.1, 0.15) is 12.1 Å². The Morgan fingerprint density at radius 3 is 2.96 bits per heavy atom. The second-order valence-electron chi connectivity index (χ2n) is 6.20. The maximum Gasteiger partial charge on any atom is 0.231 e. The fourth-order valence-electron chi connectivity index (χ4n) is 3.02. The molecule has 0 bridgehead atoms. The quantitative estimate of drug-likeness (QED) is 0.764. The average Bonchev–Trinajstić information content (AvgIpc) is 3.31. The molecule has 2 aliphatic heterocycles. The summed E-state index contributed by atoms with van der Waals surface area (Å²) in [4.78, 5) is 7.19. The lowest BCUT2D eigenvalue weighted by molar-refractivity contribution is 0.0374. The van der Waals surface area contributed by atoms with Crippen LogP contribution in [-0.2, 0) is 11.3 Å². The molecule has 1 N–H and O–H groups in total.